The maximum Gasteiger partial charge on any atom is 0.210 e. The van der Waals surface area contributed by atoms with E-state index in [1.165, 1.54) is 0 Å². The Morgan fingerprint density at radius 2 is 2.29 bits per heavy atom. The second-order valence-electron chi connectivity index (χ2n) is 3.67. The first-order valence-corrected chi connectivity index (χ1v) is 5.09. The van der Waals surface area contributed by atoms with Crippen LogP contribution in [0.25, 0.3) is 22.4 Å². The fourth-order valence-corrected chi connectivity index (χ4v) is 1.73. The Balaban J connectivity index is 2.14. The van der Waals surface area contributed by atoms with Gasteiger partial charge in [-0.3, -0.25) is 0 Å². The summed E-state index contributed by atoms with van der Waals surface area (Å²) in [5.41, 5.74) is 3.28. The zero-order valence-electron chi connectivity index (χ0n) is 9.06. The average molecular weight is 224 g/mol. The van der Waals surface area contributed by atoms with E-state index in [0.717, 1.165) is 22.4 Å². The van der Waals surface area contributed by atoms with E-state index >= 15 is 0 Å². The molecule has 3 rings (SSSR count). The molecule has 0 aliphatic carbocycles. The number of nitrogens with zero attached hydrogens (tertiary/aromatic N) is 3. The molecule has 0 saturated heterocycles. The molecule has 82 valence electrons. The molecule has 2 heterocycles. The summed E-state index contributed by atoms with van der Waals surface area (Å²) >= 11 is 0. The number of hydrogen-bond donors (Lipinski definition) is 1. The first-order chi connectivity index (χ1) is 8.26. The van der Waals surface area contributed by atoms with E-state index in [4.69, 9.17) is 9.68 Å². The number of nitrogens with one attached hydrogen (secondary N) is 1. The largest absolute Gasteiger partial charge is 0.441 e. The minimum absolute atomic E-state index is 0.302. The van der Waals surface area contributed by atoms with Gasteiger partial charge >= 0.3 is 0 Å². The van der Waals surface area contributed by atoms with Crippen molar-refractivity contribution in [3.05, 3.63) is 36.1 Å². The number of nitriles is 1. The lowest BCUT2D eigenvalue weighted by Gasteiger charge is -1.95. The fraction of sp³-hybridized carbons (Fsp3) is 0.0833. The number of aromatic nitrogens is 3. The van der Waals surface area contributed by atoms with Crippen LogP contribution >= 0.6 is 0 Å². The Bertz CT molecular complexity index is 732. The standard InChI is InChI=1S/C12H8N4O/c1-7-15-9-4-8(2-3-11(9)17-7)10-6-14-12(5-13)16-10/h2-4,6H,1H3,(H,14,16). The minimum Gasteiger partial charge on any atom is -0.441 e. The van der Waals surface area contributed by atoms with Gasteiger partial charge in [0.15, 0.2) is 11.5 Å². The van der Waals surface area contributed by atoms with Crippen LogP contribution in [0.3, 0.4) is 0 Å². The third-order valence-electron chi connectivity index (χ3n) is 2.49. The zero-order valence-corrected chi connectivity index (χ0v) is 9.06. The maximum atomic E-state index is 8.70. The summed E-state index contributed by atoms with van der Waals surface area (Å²) in [4.78, 5) is 11.1. The Hall–Kier alpha value is -2.61. The van der Waals surface area contributed by atoms with Crippen molar-refractivity contribution in [1.82, 2.24) is 15.0 Å². The van der Waals surface area contributed by atoms with E-state index in [-0.39, 0.29) is 0 Å². The van der Waals surface area contributed by atoms with Crippen LogP contribution in [-0.4, -0.2) is 15.0 Å². The first kappa shape index (κ1) is 9.60. The Labute approximate surface area is 96.7 Å². The van der Waals surface area contributed by atoms with Crippen molar-refractivity contribution in [3.63, 3.8) is 0 Å². The lowest BCUT2D eigenvalue weighted by molar-refractivity contribution is 0.561. The molecule has 0 fully saturated rings. The van der Waals surface area contributed by atoms with Crippen molar-refractivity contribution in [3.8, 4) is 17.3 Å². The highest BCUT2D eigenvalue weighted by Gasteiger charge is 2.06. The lowest BCUT2D eigenvalue weighted by Crippen LogP contribution is -1.79. The van der Waals surface area contributed by atoms with Crippen molar-refractivity contribution in [1.29, 1.82) is 5.26 Å². The molecule has 0 saturated carbocycles. The number of hydrogen-bond acceptors (Lipinski definition) is 4. The molecule has 0 amide bonds. The molecule has 0 aliphatic rings. The second-order valence-corrected chi connectivity index (χ2v) is 3.67. The number of fused-ring (bicyclic) bond motifs is 1. The van der Waals surface area contributed by atoms with Gasteiger partial charge in [-0.2, -0.15) is 5.26 Å². The predicted molar refractivity (Wildman–Crippen MR) is 61.0 cm³/mol. The molecule has 5 heteroatoms. The highest BCUT2D eigenvalue weighted by molar-refractivity contribution is 5.79. The van der Waals surface area contributed by atoms with Crippen LogP contribution in [0.5, 0.6) is 0 Å². The summed E-state index contributed by atoms with van der Waals surface area (Å²) in [6.45, 7) is 1.81. The van der Waals surface area contributed by atoms with Gasteiger partial charge in [0.05, 0.1) is 11.9 Å². The quantitative estimate of drug-likeness (QED) is 0.688. The molecular formula is C12H8N4O. The second kappa shape index (κ2) is 3.46. The normalized spacial score (nSPS) is 10.6. The van der Waals surface area contributed by atoms with E-state index in [2.05, 4.69) is 15.0 Å². The number of imidazole rings is 1. The molecule has 1 N–H and O–H groups in total. The number of H-pyrrole nitrogens is 1. The van der Waals surface area contributed by atoms with Crippen LogP contribution in [0, 0.1) is 18.3 Å². The third kappa shape index (κ3) is 1.56. The van der Waals surface area contributed by atoms with Crippen molar-refractivity contribution in [2.75, 3.05) is 0 Å². The number of benzene rings is 1. The van der Waals surface area contributed by atoms with Gasteiger partial charge in [0, 0.05) is 12.5 Å². The molecule has 1 aromatic carbocycles. The number of aromatic amines is 1. The first-order valence-electron chi connectivity index (χ1n) is 5.09. The monoisotopic (exact) mass is 224 g/mol. The van der Waals surface area contributed by atoms with Gasteiger partial charge in [0.25, 0.3) is 0 Å². The lowest BCUT2D eigenvalue weighted by atomic mass is 10.1. The summed E-state index contributed by atoms with van der Waals surface area (Å²) in [6, 6.07) is 7.62. The van der Waals surface area contributed by atoms with Gasteiger partial charge in [-0.15, -0.1) is 0 Å². The van der Waals surface area contributed by atoms with Gasteiger partial charge < -0.3 is 9.40 Å². The summed E-state index contributed by atoms with van der Waals surface area (Å²) in [6.07, 6.45) is 1.63. The van der Waals surface area contributed by atoms with Gasteiger partial charge in [-0.05, 0) is 18.2 Å². The molecule has 0 atom stereocenters. The molecule has 0 radical (unpaired) electrons. The maximum absolute atomic E-state index is 8.70. The van der Waals surface area contributed by atoms with Crippen molar-refractivity contribution >= 4 is 11.1 Å². The van der Waals surface area contributed by atoms with E-state index in [0.29, 0.717) is 11.7 Å². The van der Waals surface area contributed by atoms with Crippen molar-refractivity contribution in [2.45, 2.75) is 6.92 Å². The predicted octanol–water partition coefficient (Wildman–Crippen LogP) is 2.40. The van der Waals surface area contributed by atoms with Crippen LogP contribution in [0.1, 0.15) is 11.7 Å². The van der Waals surface area contributed by atoms with E-state index in [1.807, 2.05) is 31.2 Å². The highest BCUT2D eigenvalue weighted by atomic mass is 16.3. The molecule has 3 aromatic rings. The Morgan fingerprint density at radius 3 is 3.06 bits per heavy atom. The fourth-order valence-electron chi connectivity index (χ4n) is 1.73. The summed E-state index contributed by atoms with van der Waals surface area (Å²) in [7, 11) is 0. The SMILES string of the molecule is Cc1nc2cc(-c3cnc(C#N)[nH]3)ccc2o1. The van der Waals surface area contributed by atoms with Crippen LogP contribution in [0.2, 0.25) is 0 Å². The zero-order chi connectivity index (χ0) is 11.8. The minimum atomic E-state index is 0.302. The van der Waals surface area contributed by atoms with Crippen molar-refractivity contribution in [2.24, 2.45) is 0 Å². The number of rotatable bonds is 1. The van der Waals surface area contributed by atoms with Crippen LogP contribution < -0.4 is 0 Å². The van der Waals surface area contributed by atoms with Crippen LogP contribution in [0.15, 0.2) is 28.8 Å². The molecule has 0 spiro atoms. The van der Waals surface area contributed by atoms with E-state index in [9.17, 15) is 0 Å². The van der Waals surface area contributed by atoms with Crippen LogP contribution in [-0.2, 0) is 0 Å². The Morgan fingerprint density at radius 1 is 1.41 bits per heavy atom. The van der Waals surface area contributed by atoms with Gasteiger partial charge in [-0.25, -0.2) is 9.97 Å². The molecule has 5 nitrogen and oxygen atoms in total. The Kier molecular flexibility index (Phi) is 1.95. The van der Waals surface area contributed by atoms with Gasteiger partial charge in [-0.1, -0.05) is 0 Å². The summed E-state index contributed by atoms with van der Waals surface area (Å²) in [5, 5.41) is 8.70. The third-order valence-corrected chi connectivity index (χ3v) is 2.49. The average Bonchev–Trinajstić information content (AvgIpc) is 2.92. The van der Waals surface area contributed by atoms with Crippen molar-refractivity contribution < 1.29 is 4.42 Å². The van der Waals surface area contributed by atoms with Crippen LogP contribution in [0.4, 0.5) is 0 Å². The molecule has 17 heavy (non-hydrogen) atoms. The molecule has 0 aliphatic heterocycles. The van der Waals surface area contributed by atoms with E-state index < -0.39 is 0 Å². The van der Waals surface area contributed by atoms with Gasteiger partial charge in [0.1, 0.15) is 11.6 Å². The smallest absolute Gasteiger partial charge is 0.210 e. The summed E-state index contributed by atoms with van der Waals surface area (Å²) in [5.74, 6) is 0.941. The molecule has 0 bridgehead atoms. The number of aryl methyl sites for hydroxylation is 1. The summed E-state index contributed by atoms with van der Waals surface area (Å²) < 4.78 is 5.40. The number of oxazole rings is 1. The highest BCUT2D eigenvalue weighted by Crippen LogP contribution is 2.23. The topological polar surface area (TPSA) is 78.5 Å². The van der Waals surface area contributed by atoms with E-state index in [1.54, 1.807) is 6.20 Å². The molecular weight excluding hydrogens is 216 g/mol. The molecule has 2 aromatic heterocycles. The van der Waals surface area contributed by atoms with Gasteiger partial charge in [0.2, 0.25) is 5.82 Å². The molecule has 0 unspecified atom stereocenters.